The second kappa shape index (κ2) is 5.71. The van der Waals surface area contributed by atoms with Crippen molar-refractivity contribution < 1.29 is 8.42 Å². The number of amidine groups is 1. The van der Waals surface area contributed by atoms with E-state index < -0.39 is 10.0 Å². The van der Waals surface area contributed by atoms with E-state index in [1.54, 1.807) is 12.1 Å². The number of hydrogen-bond donors (Lipinski definition) is 1. The number of piperidine rings is 1. The third-order valence-corrected chi connectivity index (χ3v) is 5.09. The van der Waals surface area contributed by atoms with Gasteiger partial charge in [-0.15, -0.1) is 16.8 Å². The normalized spacial score (nSPS) is 23.4. The molecule has 1 atom stereocenters. The van der Waals surface area contributed by atoms with Crippen molar-refractivity contribution in [1.29, 1.82) is 0 Å². The van der Waals surface area contributed by atoms with Gasteiger partial charge in [-0.05, 0) is 31.5 Å². The minimum absolute atomic E-state index is 0. The molecule has 1 saturated heterocycles. The fraction of sp³-hybridized carbons (Fsp3) is 0.462. The number of nitrogens with one attached hydrogen (secondary N) is 1. The smallest absolute Gasteiger partial charge is 0.285 e. The number of sulfonamides is 1. The summed E-state index contributed by atoms with van der Waals surface area (Å²) < 4.78 is 28.0. The van der Waals surface area contributed by atoms with Crippen molar-refractivity contribution in [3.05, 3.63) is 29.8 Å². The quantitative estimate of drug-likeness (QED) is 0.847. The highest BCUT2D eigenvalue weighted by Crippen LogP contribution is 2.28. The monoisotopic (exact) mass is 315 g/mol. The van der Waals surface area contributed by atoms with Crippen LogP contribution in [0.4, 0.5) is 0 Å². The molecule has 7 heteroatoms. The first-order chi connectivity index (χ1) is 9.09. The van der Waals surface area contributed by atoms with E-state index in [2.05, 4.69) is 9.71 Å². The van der Waals surface area contributed by atoms with Crippen LogP contribution in [0.5, 0.6) is 0 Å². The van der Waals surface area contributed by atoms with Crippen molar-refractivity contribution in [2.75, 3.05) is 20.1 Å². The summed E-state index contributed by atoms with van der Waals surface area (Å²) >= 11 is 0. The highest BCUT2D eigenvalue weighted by molar-refractivity contribution is 7.90. The Bertz CT molecular complexity index is 624. The van der Waals surface area contributed by atoms with Gasteiger partial charge in [-0.3, -0.25) is 0 Å². The summed E-state index contributed by atoms with van der Waals surface area (Å²) in [6.07, 6.45) is 2.17. The minimum atomic E-state index is -3.51. The third kappa shape index (κ3) is 2.55. The second-order valence-corrected chi connectivity index (χ2v) is 6.57. The lowest BCUT2D eigenvalue weighted by Gasteiger charge is -2.33. The van der Waals surface area contributed by atoms with Crippen LogP contribution in [0.25, 0.3) is 0 Å². The predicted molar refractivity (Wildman–Crippen MR) is 81.1 cm³/mol. The van der Waals surface area contributed by atoms with Crippen molar-refractivity contribution >= 4 is 28.3 Å². The maximum absolute atomic E-state index is 12.0. The van der Waals surface area contributed by atoms with E-state index in [-0.39, 0.29) is 12.4 Å². The van der Waals surface area contributed by atoms with Gasteiger partial charge in [0.2, 0.25) is 0 Å². The first-order valence-electron chi connectivity index (χ1n) is 6.47. The number of rotatable bonds is 1. The Morgan fingerprint density at radius 1 is 1.35 bits per heavy atom. The number of hydrogen-bond acceptors (Lipinski definition) is 4. The van der Waals surface area contributed by atoms with Gasteiger partial charge in [-0.25, -0.2) is 0 Å². The Morgan fingerprint density at radius 2 is 2.10 bits per heavy atom. The van der Waals surface area contributed by atoms with Gasteiger partial charge in [0.15, 0.2) is 5.84 Å². The molecule has 1 aromatic carbocycles. The standard InChI is InChI=1S/C13H17N3O2S.ClH/c1-16(10-5-4-8-14-9-10)13-11-6-2-3-7-12(11)19(17,18)15-13;/h2-3,6-7,10,14H,4-5,8-9H2,1H3;1H/t10-;/m1./s1. The highest BCUT2D eigenvalue weighted by atomic mass is 35.5. The molecule has 0 amide bonds. The maximum Gasteiger partial charge on any atom is 0.285 e. The van der Waals surface area contributed by atoms with Gasteiger partial charge in [0.05, 0.1) is 0 Å². The van der Waals surface area contributed by atoms with Gasteiger partial charge in [-0.2, -0.15) is 8.42 Å². The van der Waals surface area contributed by atoms with Crippen LogP contribution in [-0.2, 0) is 10.0 Å². The molecule has 0 aromatic heterocycles. The molecule has 1 fully saturated rings. The molecule has 0 saturated carbocycles. The average Bonchev–Trinajstić information content (AvgIpc) is 2.72. The van der Waals surface area contributed by atoms with Gasteiger partial charge < -0.3 is 10.2 Å². The summed E-state index contributed by atoms with van der Waals surface area (Å²) in [5.74, 6) is 0.573. The van der Waals surface area contributed by atoms with Crippen molar-refractivity contribution in [2.24, 2.45) is 4.40 Å². The van der Waals surface area contributed by atoms with E-state index in [0.717, 1.165) is 31.5 Å². The summed E-state index contributed by atoms with van der Waals surface area (Å²) in [5, 5.41) is 3.34. The topological polar surface area (TPSA) is 61.8 Å². The van der Waals surface area contributed by atoms with Crippen molar-refractivity contribution in [2.45, 2.75) is 23.8 Å². The van der Waals surface area contributed by atoms with Crippen molar-refractivity contribution in [3.8, 4) is 0 Å². The van der Waals surface area contributed by atoms with E-state index in [9.17, 15) is 8.42 Å². The van der Waals surface area contributed by atoms with Gasteiger partial charge in [0, 0.05) is 25.2 Å². The van der Waals surface area contributed by atoms with Crippen LogP contribution in [0.2, 0.25) is 0 Å². The number of fused-ring (bicyclic) bond motifs is 1. The summed E-state index contributed by atoms with van der Waals surface area (Å²) in [6.45, 7) is 1.91. The molecule has 0 radical (unpaired) electrons. The zero-order valence-electron chi connectivity index (χ0n) is 11.2. The van der Waals surface area contributed by atoms with Crippen molar-refractivity contribution in [1.82, 2.24) is 10.2 Å². The Balaban J connectivity index is 0.00000147. The molecule has 0 spiro atoms. The van der Waals surface area contributed by atoms with Crippen LogP contribution in [0.15, 0.2) is 33.6 Å². The van der Waals surface area contributed by atoms with E-state index in [1.807, 2.05) is 24.1 Å². The van der Waals surface area contributed by atoms with Crippen LogP contribution in [0, 0.1) is 0 Å². The number of halogens is 1. The summed E-state index contributed by atoms with van der Waals surface area (Å²) in [5.41, 5.74) is 0.718. The van der Waals surface area contributed by atoms with Crippen LogP contribution in [0.3, 0.4) is 0 Å². The number of benzene rings is 1. The summed E-state index contributed by atoms with van der Waals surface area (Å²) in [7, 11) is -1.59. The first kappa shape index (κ1) is 15.3. The zero-order chi connectivity index (χ0) is 13.5. The number of likely N-dealkylation sites (N-methyl/N-ethyl adjacent to an activating group) is 1. The van der Waals surface area contributed by atoms with E-state index >= 15 is 0 Å². The SMILES string of the molecule is CN(C1=NS(=O)(=O)c2ccccc21)[C@@H]1CCCNC1.Cl. The summed E-state index contributed by atoms with van der Waals surface area (Å²) in [6, 6.07) is 7.33. The largest absolute Gasteiger partial charge is 0.354 e. The minimum Gasteiger partial charge on any atom is -0.354 e. The molecule has 110 valence electrons. The first-order valence-corrected chi connectivity index (χ1v) is 7.91. The lowest BCUT2D eigenvalue weighted by atomic mass is 10.0. The molecule has 0 unspecified atom stereocenters. The van der Waals surface area contributed by atoms with E-state index in [1.165, 1.54) is 0 Å². The molecular formula is C13H18ClN3O2S. The molecule has 3 rings (SSSR count). The van der Waals surface area contributed by atoms with Gasteiger partial charge >= 0.3 is 0 Å². The Hall–Kier alpha value is -1.11. The van der Waals surface area contributed by atoms with Crippen LogP contribution in [0.1, 0.15) is 18.4 Å². The molecule has 5 nitrogen and oxygen atoms in total. The van der Waals surface area contributed by atoms with Crippen LogP contribution in [-0.4, -0.2) is 45.3 Å². The van der Waals surface area contributed by atoms with Crippen LogP contribution >= 0.6 is 12.4 Å². The third-order valence-electron chi connectivity index (χ3n) is 3.77. The summed E-state index contributed by atoms with van der Waals surface area (Å²) in [4.78, 5) is 2.32. The molecule has 2 aliphatic heterocycles. The zero-order valence-corrected chi connectivity index (χ0v) is 12.9. The highest BCUT2D eigenvalue weighted by Gasteiger charge is 2.32. The fourth-order valence-corrected chi connectivity index (χ4v) is 3.92. The van der Waals surface area contributed by atoms with Crippen molar-refractivity contribution in [3.63, 3.8) is 0 Å². The Kier molecular flexibility index (Phi) is 4.36. The number of nitrogens with zero attached hydrogens (tertiary/aromatic N) is 2. The molecule has 1 N–H and O–H groups in total. The Labute approximate surface area is 125 Å². The van der Waals surface area contributed by atoms with Crippen LogP contribution < -0.4 is 5.32 Å². The molecular weight excluding hydrogens is 298 g/mol. The van der Waals surface area contributed by atoms with Gasteiger partial charge in [-0.1, -0.05) is 12.1 Å². The molecule has 1 aromatic rings. The molecule has 2 aliphatic rings. The lowest BCUT2D eigenvalue weighted by Crippen LogP contribution is -2.46. The Morgan fingerprint density at radius 3 is 2.80 bits per heavy atom. The van der Waals surface area contributed by atoms with Gasteiger partial charge in [0.1, 0.15) is 4.90 Å². The molecule has 2 heterocycles. The maximum atomic E-state index is 12.0. The molecule has 0 bridgehead atoms. The van der Waals surface area contributed by atoms with E-state index in [4.69, 9.17) is 0 Å². The second-order valence-electron chi connectivity index (χ2n) is 5.00. The fourth-order valence-electron chi connectivity index (χ4n) is 2.68. The predicted octanol–water partition coefficient (Wildman–Crippen LogP) is 1.24. The van der Waals surface area contributed by atoms with Gasteiger partial charge in [0.25, 0.3) is 10.0 Å². The average molecular weight is 316 g/mol. The van der Waals surface area contributed by atoms with E-state index in [0.29, 0.717) is 16.8 Å². The lowest BCUT2D eigenvalue weighted by molar-refractivity contribution is 0.294. The molecule has 20 heavy (non-hydrogen) atoms. The molecule has 0 aliphatic carbocycles.